The molecule has 1 aliphatic carbocycles. The molecular weight excluding hydrogens is 214 g/mol. The first kappa shape index (κ1) is 10.6. The highest BCUT2D eigenvalue weighted by molar-refractivity contribution is 5.49. The van der Waals surface area contributed by atoms with Crippen molar-refractivity contribution >= 4 is 11.5 Å². The standard InChI is InChI=1S/C13H17N3O/c17-11-4-1-3-10(11)9-15-13-6-2-5-12-14-7-8-16(12)13/h2,5-8,10-11,15,17H,1,3-4,9H2. The van der Waals surface area contributed by atoms with Crippen LogP contribution in [0.1, 0.15) is 19.3 Å². The van der Waals surface area contributed by atoms with Gasteiger partial charge >= 0.3 is 0 Å². The van der Waals surface area contributed by atoms with E-state index in [0.29, 0.717) is 5.92 Å². The second-order valence-electron chi connectivity index (χ2n) is 4.71. The summed E-state index contributed by atoms with van der Waals surface area (Å²) in [4.78, 5) is 4.25. The van der Waals surface area contributed by atoms with Gasteiger partial charge in [-0.05, 0) is 25.0 Å². The van der Waals surface area contributed by atoms with Crippen molar-refractivity contribution in [2.75, 3.05) is 11.9 Å². The number of hydrogen-bond donors (Lipinski definition) is 2. The summed E-state index contributed by atoms with van der Waals surface area (Å²) < 4.78 is 2.03. The maximum absolute atomic E-state index is 9.78. The summed E-state index contributed by atoms with van der Waals surface area (Å²) in [6, 6.07) is 6.02. The van der Waals surface area contributed by atoms with Gasteiger partial charge in [0.25, 0.3) is 0 Å². The van der Waals surface area contributed by atoms with Crippen LogP contribution in [0.4, 0.5) is 5.82 Å². The first-order chi connectivity index (χ1) is 8.34. The lowest BCUT2D eigenvalue weighted by molar-refractivity contribution is 0.138. The molecule has 1 saturated carbocycles. The van der Waals surface area contributed by atoms with E-state index >= 15 is 0 Å². The summed E-state index contributed by atoms with van der Waals surface area (Å²) in [5.41, 5.74) is 0.946. The Morgan fingerprint density at radius 3 is 3.18 bits per heavy atom. The van der Waals surface area contributed by atoms with Gasteiger partial charge < -0.3 is 10.4 Å². The maximum Gasteiger partial charge on any atom is 0.138 e. The van der Waals surface area contributed by atoms with Gasteiger partial charge in [0.1, 0.15) is 11.5 Å². The molecule has 2 aromatic rings. The number of nitrogens with zero attached hydrogens (tertiary/aromatic N) is 2. The molecule has 0 aromatic carbocycles. The highest BCUT2D eigenvalue weighted by atomic mass is 16.3. The molecule has 0 bridgehead atoms. The van der Waals surface area contributed by atoms with Gasteiger partial charge in [0.05, 0.1) is 6.10 Å². The van der Waals surface area contributed by atoms with Crippen LogP contribution in [0.5, 0.6) is 0 Å². The minimum atomic E-state index is -0.135. The fourth-order valence-corrected chi connectivity index (χ4v) is 2.58. The van der Waals surface area contributed by atoms with Crippen LogP contribution in [0.2, 0.25) is 0 Å². The van der Waals surface area contributed by atoms with Crippen molar-refractivity contribution in [2.24, 2.45) is 5.92 Å². The number of fused-ring (bicyclic) bond motifs is 1. The number of aliphatic hydroxyl groups excluding tert-OH is 1. The normalized spacial score (nSPS) is 24.3. The van der Waals surface area contributed by atoms with E-state index in [2.05, 4.69) is 10.3 Å². The van der Waals surface area contributed by atoms with E-state index in [-0.39, 0.29) is 6.10 Å². The van der Waals surface area contributed by atoms with Crippen molar-refractivity contribution in [2.45, 2.75) is 25.4 Å². The van der Waals surface area contributed by atoms with Gasteiger partial charge in [-0.2, -0.15) is 0 Å². The number of nitrogens with one attached hydrogen (secondary N) is 1. The van der Waals surface area contributed by atoms with Crippen LogP contribution in [0.25, 0.3) is 5.65 Å². The predicted molar refractivity (Wildman–Crippen MR) is 67.0 cm³/mol. The third kappa shape index (κ3) is 2.00. The molecule has 0 amide bonds. The zero-order valence-electron chi connectivity index (χ0n) is 9.71. The van der Waals surface area contributed by atoms with Crippen LogP contribution in [0, 0.1) is 5.92 Å². The van der Waals surface area contributed by atoms with Crippen LogP contribution in [0.3, 0.4) is 0 Å². The van der Waals surface area contributed by atoms with E-state index in [0.717, 1.165) is 37.3 Å². The zero-order valence-corrected chi connectivity index (χ0v) is 9.71. The topological polar surface area (TPSA) is 49.6 Å². The average Bonchev–Trinajstić information content (AvgIpc) is 2.95. The van der Waals surface area contributed by atoms with Gasteiger partial charge in [0.2, 0.25) is 0 Å². The molecule has 2 unspecified atom stereocenters. The molecule has 2 aromatic heterocycles. The first-order valence-electron chi connectivity index (χ1n) is 6.18. The second kappa shape index (κ2) is 4.37. The van der Waals surface area contributed by atoms with Crippen LogP contribution in [-0.2, 0) is 0 Å². The highest BCUT2D eigenvalue weighted by Crippen LogP contribution is 2.25. The van der Waals surface area contributed by atoms with Crippen LogP contribution in [-0.4, -0.2) is 27.1 Å². The molecule has 4 nitrogen and oxygen atoms in total. The van der Waals surface area contributed by atoms with E-state index < -0.39 is 0 Å². The molecule has 0 spiro atoms. The van der Waals surface area contributed by atoms with Crippen molar-refractivity contribution in [1.29, 1.82) is 0 Å². The van der Waals surface area contributed by atoms with E-state index in [4.69, 9.17) is 0 Å². The molecule has 2 N–H and O–H groups in total. The molecule has 0 radical (unpaired) electrons. The SMILES string of the molecule is OC1CCCC1CNc1cccc2nccn12. The van der Waals surface area contributed by atoms with E-state index in [1.54, 1.807) is 6.20 Å². The molecule has 0 aliphatic heterocycles. The Labute approximate surface area is 100 Å². The summed E-state index contributed by atoms with van der Waals surface area (Å²) in [7, 11) is 0. The number of pyridine rings is 1. The summed E-state index contributed by atoms with van der Waals surface area (Å²) in [6.07, 6.45) is 6.82. The monoisotopic (exact) mass is 231 g/mol. The summed E-state index contributed by atoms with van der Waals surface area (Å²) in [6.45, 7) is 0.832. The van der Waals surface area contributed by atoms with Crippen molar-refractivity contribution in [3.05, 3.63) is 30.6 Å². The number of aliphatic hydroxyl groups is 1. The molecule has 2 heterocycles. The molecule has 4 heteroatoms. The maximum atomic E-state index is 9.78. The van der Waals surface area contributed by atoms with E-state index in [9.17, 15) is 5.11 Å². The van der Waals surface area contributed by atoms with Crippen LogP contribution in [0.15, 0.2) is 30.6 Å². The molecule has 17 heavy (non-hydrogen) atoms. The number of hydrogen-bond acceptors (Lipinski definition) is 3. The largest absolute Gasteiger partial charge is 0.393 e. The van der Waals surface area contributed by atoms with Gasteiger partial charge in [-0.15, -0.1) is 0 Å². The Morgan fingerprint density at radius 2 is 2.35 bits per heavy atom. The first-order valence-corrected chi connectivity index (χ1v) is 6.18. The van der Waals surface area contributed by atoms with E-state index in [1.807, 2.05) is 28.8 Å². The molecule has 3 rings (SSSR count). The number of rotatable bonds is 3. The summed E-state index contributed by atoms with van der Waals surface area (Å²) in [5, 5.41) is 13.2. The smallest absolute Gasteiger partial charge is 0.138 e. The number of aromatic nitrogens is 2. The number of imidazole rings is 1. The molecule has 1 fully saturated rings. The lowest BCUT2D eigenvalue weighted by Crippen LogP contribution is -2.22. The van der Waals surface area contributed by atoms with E-state index in [1.165, 1.54) is 0 Å². The quantitative estimate of drug-likeness (QED) is 0.848. The van der Waals surface area contributed by atoms with Gasteiger partial charge in [0, 0.05) is 24.9 Å². The van der Waals surface area contributed by atoms with Gasteiger partial charge in [-0.25, -0.2) is 4.98 Å². The average molecular weight is 231 g/mol. The van der Waals surface area contributed by atoms with Gasteiger partial charge in [-0.3, -0.25) is 4.40 Å². The van der Waals surface area contributed by atoms with Crippen molar-refractivity contribution in [3.63, 3.8) is 0 Å². The fraction of sp³-hybridized carbons (Fsp3) is 0.462. The van der Waals surface area contributed by atoms with Crippen molar-refractivity contribution < 1.29 is 5.11 Å². The molecule has 90 valence electrons. The Balaban J connectivity index is 1.74. The third-order valence-corrected chi connectivity index (χ3v) is 3.59. The minimum Gasteiger partial charge on any atom is -0.393 e. The fourth-order valence-electron chi connectivity index (χ4n) is 2.58. The lowest BCUT2D eigenvalue weighted by Gasteiger charge is -2.16. The number of anilines is 1. The lowest BCUT2D eigenvalue weighted by atomic mass is 10.1. The predicted octanol–water partition coefficient (Wildman–Crippen LogP) is 1.91. The minimum absolute atomic E-state index is 0.135. The second-order valence-corrected chi connectivity index (χ2v) is 4.71. The van der Waals surface area contributed by atoms with Crippen molar-refractivity contribution in [3.8, 4) is 0 Å². The third-order valence-electron chi connectivity index (χ3n) is 3.59. The molecule has 1 aliphatic rings. The highest BCUT2D eigenvalue weighted by Gasteiger charge is 2.24. The van der Waals surface area contributed by atoms with Crippen LogP contribution >= 0.6 is 0 Å². The Bertz CT molecular complexity index is 508. The summed E-state index contributed by atoms with van der Waals surface area (Å²) >= 11 is 0. The molecule has 2 atom stereocenters. The van der Waals surface area contributed by atoms with Crippen LogP contribution < -0.4 is 5.32 Å². The molecular formula is C13H17N3O. The van der Waals surface area contributed by atoms with Gasteiger partial charge in [0.15, 0.2) is 0 Å². The van der Waals surface area contributed by atoms with Crippen molar-refractivity contribution in [1.82, 2.24) is 9.38 Å². The Morgan fingerprint density at radius 1 is 1.41 bits per heavy atom. The summed E-state index contributed by atoms with van der Waals surface area (Å²) in [5.74, 6) is 1.42. The Kier molecular flexibility index (Phi) is 2.73. The molecule has 0 saturated heterocycles. The zero-order chi connectivity index (χ0) is 11.7. The van der Waals surface area contributed by atoms with Gasteiger partial charge in [-0.1, -0.05) is 12.5 Å². The Hall–Kier alpha value is -1.55.